The highest BCUT2D eigenvalue weighted by Crippen LogP contribution is 2.34. The molecule has 1 heteroatoms. The molecule has 2 aromatic carbocycles. The quantitative estimate of drug-likeness (QED) is 0.450. The summed E-state index contributed by atoms with van der Waals surface area (Å²) >= 11 is 0. The molecule has 1 aliphatic heterocycles. The summed E-state index contributed by atoms with van der Waals surface area (Å²) in [7, 11) is 0. The number of fused-ring (bicyclic) bond motifs is 3. The van der Waals surface area contributed by atoms with Crippen LogP contribution < -0.4 is 4.57 Å². The fraction of sp³-hybridized carbons (Fsp3) is 0.0500. The number of benzene rings is 2. The Morgan fingerprint density at radius 2 is 1.48 bits per heavy atom. The summed E-state index contributed by atoms with van der Waals surface area (Å²) in [6.07, 6.45) is 2.21. The van der Waals surface area contributed by atoms with Crippen molar-refractivity contribution in [2.45, 2.75) is 6.92 Å². The lowest BCUT2D eigenvalue weighted by Gasteiger charge is -2.05. The topological polar surface area (TPSA) is 3.88 Å². The van der Waals surface area contributed by atoms with Crippen LogP contribution in [-0.2, 0) is 0 Å². The maximum absolute atomic E-state index is 4.26. The van der Waals surface area contributed by atoms with Crippen LogP contribution in [0.4, 0.5) is 0 Å². The van der Waals surface area contributed by atoms with E-state index in [1.807, 2.05) is 6.07 Å². The highest BCUT2D eigenvalue weighted by atomic mass is 15.0. The van der Waals surface area contributed by atoms with E-state index in [0.29, 0.717) is 0 Å². The number of aromatic nitrogens is 1. The maximum Gasteiger partial charge on any atom is 0.219 e. The summed E-state index contributed by atoms with van der Waals surface area (Å²) in [5.74, 6) is 0. The Bertz CT molecular complexity index is 860. The Balaban J connectivity index is 1.97. The number of nitrogens with zero attached hydrogens (tertiary/aromatic N) is 1. The van der Waals surface area contributed by atoms with Crippen molar-refractivity contribution in [1.82, 2.24) is 0 Å². The van der Waals surface area contributed by atoms with Crippen LogP contribution in [0.5, 0.6) is 0 Å². The van der Waals surface area contributed by atoms with Gasteiger partial charge in [-0.1, -0.05) is 42.5 Å². The predicted octanol–water partition coefficient (Wildman–Crippen LogP) is 4.45. The van der Waals surface area contributed by atoms with Gasteiger partial charge in [-0.3, -0.25) is 0 Å². The molecule has 4 rings (SSSR count). The Morgan fingerprint density at radius 3 is 2.24 bits per heavy atom. The average Bonchev–Trinajstić information content (AvgIpc) is 2.80. The molecule has 0 fully saturated rings. The zero-order valence-electron chi connectivity index (χ0n) is 12.0. The smallest absolute Gasteiger partial charge is 0.159 e. The maximum atomic E-state index is 4.26. The Morgan fingerprint density at radius 1 is 0.810 bits per heavy atom. The van der Waals surface area contributed by atoms with E-state index in [0.717, 1.165) is 5.70 Å². The summed E-state index contributed by atoms with van der Waals surface area (Å²) < 4.78 is 2.21. The lowest BCUT2D eigenvalue weighted by Crippen LogP contribution is -2.30. The van der Waals surface area contributed by atoms with Crippen LogP contribution in [0.2, 0.25) is 0 Å². The van der Waals surface area contributed by atoms with Crippen LogP contribution in [0.15, 0.2) is 73.4 Å². The molecule has 100 valence electrons. The van der Waals surface area contributed by atoms with Gasteiger partial charge in [0.15, 0.2) is 6.20 Å². The molecule has 21 heavy (non-hydrogen) atoms. The van der Waals surface area contributed by atoms with Crippen LogP contribution in [0.25, 0.3) is 28.1 Å². The lowest BCUT2D eigenvalue weighted by atomic mass is 10.0. The van der Waals surface area contributed by atoms with Crippen molar-refractivity contribution in [2.75, 3.05) is 0 Å². The van der Waals surface area contributed by atoms with Gasteiger partial charge in [-0.15, -0.1) is 0 Å². The van der Waals surface area contributed by atoms with E-state index in [-0.39, 0.29) is 0 Å². The second-order valence-corrected chi connectivity index (χ2v) is 5.48. The van der Waals surface area contributed by atoms with Gasteiger partial charge in [0.1, 0.15) is 0 Å². The number of hydrogen-bond donors (Lipinski definition) is 0. The van der Waals surface area contributed by atoms with Crippen LogP contribution in [0.3, 0.4) is 0 Å². The van der Waals surface area contributed by atoms with Crippen molar-refractivity contribution in [3.8, 4) is 22.4 Å². The summed E-state index contributed by atoms with van der Waals surface area (Å²) in [5.41, 5.74) is 8.57. The van der Waals surface area contributed by atoms with Crippen molar-refractivity contribution in [3.05, 3.63) is 84.6 Å². The fourth-order valence-electron chi connectivity index (χ4n) is 3.09. The molecule has 1 aliphatic rings. The van der Waals surface area contributed by atoms with E-state index in [9.17, 15) is 0 Å². The molecule has 0 spiro atoms. The van der Waals surface area contributed by atoms with E-state index >= 15 is 0 Å². The molecule has 0 bridgehead atoms. The number of hydrogen-bond acceptors (Lipinski definition) is 0. The van der Waals surface area contributed by atoms with Gasteiger partial charge in [0.25, 0.3) is 0 Å². The van der Waals surface area contributed by atoms with E-state index in [2.05, 4.69) is 78.9 Å². The van der Waals surface area contributed by atoms with Gasteiger partial charge in [-0.2, -0.15) is 4.57 Å². The molecule has 2 heterocycles. The van der Waals surface area contributed by atoms with Crippen LogP contribution >= 0.6 is 0 Å². The fourth-order valence-corrected chi connectivity index (χ4v) is 3.09. The molecule has 3 aromatic rings. The highest BCUT2D eigenvalue weighted by Gasteiger charge is 2.31. The third kappa shape index (κ3) is 1.74. The Labute approximate surface area is 124 Å². The van der Waals surface area contributed by atoms with Crippen molar-refractivity contribution in [3.63, 3.8) is 0 Å². The van der Waals surface area contributed by atoms with Gasteiger partial charge in [0.05, 0.1) is 11.1 Å². The van der Waals surface area contributed by atoms with E-state index < -0.39 is 0 Å². The Hall–Kier alpha value is -2.67. The first kappa shape index (κ1) is 12.1. The Kier molecular flexibility index (Phi) is 2.55. The van der Waals surface area contributed by atoms with Gasteiger partial charge >= 0.3 is 0 Å². The molecular weight excluding hydrogens is 254 g/mol. The normalized spacial score (nSPS) is 12.1. The van der Waals surface area contributed by atoms with Crippen molar-refractivity contribution in [2.24, 2.45) is 0 Å². The summed E-state index contributed by atoms with van der Waals surface area (Å²) in [5, 5.41) is 0. The number of pyridine rings is 1. The summed E-state index contributed by atoms with van der Waals surface area (Å²) in [4.78, 5) is 0. The minimum absolute atomic E-state index is 1.05. The summed E-state index contributed by atoms with van der Waals surface area (Å²) in [6.45, 7) is 6.44. The van der Waals surface area contributed by atoms with Gasteiger partial charge < -0.3 is 0 Å². The molecule has 0 amide bonds. The molecule has 1 nitrogen and oxygen atoms in total. The van der Waals surface area contributed by atoms with Crippen molar-refractivity contribution >= 4 is 5.70 Å². The second kappa shape index (κ2) is 4.42. The first-order valence-corrected chi connectivity index (χ1v) is 7.16. The lowest BCUT2D eigenvalue weighted by molar-refractivity contribution is -0.562. The van der Waals surface area contributed by atoms with E-state index in [4.69, 9.17) is 0 Å². The van der Waals surface area contributed by atoms with Crippen molar-refractivity contribution in [1.29, 1.82) is 0 Å². The average molecular weight is 270 g/mol. The first-order chi connectivity index (χ1) is 10.3. The van der Waals surface area contributed by atoms with Crippen LogP contribution in [0.1, 0.15) is 11.1 Å². The zero-order valence-corrected chi connectivity index (χ0v) is 12.0. The van der Waals surface area contributed by atoms with Crippen LogP contribution in [-0.4, -0.2) is 0 Å². The van der Waals surface area contributed by atoms with Gasteiger partial charge in [-0.25, -0.2) is 0 Å². The molecule has 0 saturated heterocycles. The molecular formula is C20H16N+. The van der Waals surface area contributed by atoms with E-state index in [1.54, 1.807) is 0 Å². The number of aryl methyl sites for hydroxylation is 1. The van der Waals surface area contributed by atoms with Crippen molar-refractivity contribution < 1.29 is 4.57 Å². The molecule has 0 N–H and O–H groups in total. The summed E-state index contributed by atoms with van der Waals surface area (Å²) in [6, 6.07) is 21.2. The predicted molar refractivity (Wildman–Crippen MR) is 86.7 cm³/mol. The van der Waals surface area contributed by atoms with Gasteiger partial charge in [0.2, 0.25) is 11.4 Å². The van der Waals surface area contributed by atoms with Gasteiger partial charge in [0, 0.05) is 11.6 Å². The molecule has 1 aromatic heterocycles. The van der Waals surface area contributed by atoms with Gasteiger partial charge in [-0.05, 0) is 36.8 Å². The third-order valence-electron chi connectivity index (χ3n) is 4.19. The molecule has 0 aliphatic carbocycles. The largest absolute Gasteiger partial charge is 0.219 e. The minimum atomic E-state index is 1.05. The standard InChI is InChI=1S/C20H16N/c1-14-12-20-18-11-7-6-10-17(18)15(2)21(20)13-19(14)16-8-4-3-5-9-16/h3-13H,2H2,1H3/q+1. The highest BCUT2D eigenvalue weighted by molar-refractivity contribution is 5.81. The third-order valence-corrected chi connectivity index (χ3v) is 4.19. The zero-order chi connectivity index (χ0) is 14.4. The SMILES string of the molecule is C=C1c2ccccc2-c2cc(C)c(-c3ccccc3)c[n+]21. The molecule has 0 unspecified atom stereocenters. The minimum Gasteiger partial charge on any atom is -0.159 e. The number of rotatable bonds is 1. The molecule has 0 atom stereocenters. The van der Waals surface area contributed by atoms with E-state index in [1.165, 1.54) is 33.5 Å². The van der Waals surface area contributed by atoms with Crippen LogP contribution in [0, 0.1) is 6.92 Å². The molecule has 0 radical (unpaired) electrons. The first-order valence-electron chi connectivity index (χ1n) is 7.16. The molecule has 0 saturated carbocycles. The second-order valence-electron chi connectivity index (χ2n) is 5.48. The monoisotopic (exact) mass is 270 g/mol.